The molecule has 1 N–H and O–H groups in total. The summed E-state index contributed by atoms with van der Waals surface area (Å²) in [5.74, 6) is -0.526. The van der Waals surface area contributed by atoms with E-state index in [0.717, 1.165) is 61.9 Å². The molecule has 2 fully saturated rings. The second kappa shape index (κ2) is 7.13. The van der Waals surface area contributed by atoms with Crippen molar-refractivity contribution < 1.29 is 14.4 Å². The summed E-state index contributed by atoms with van der Waals surface area (Å²) < 4.78 is 1.76. The van der Waals surface area contributed by atoms with Gasteiger partial charge in [0.1, 0.15) is 12.4 Å². The van der Waals surface area contributed by atoms with E-state index in [2.05, 4.69) is 10.4 Å². The van der Waals surface area contributed by atoms with E-state index in [1.54, 1.807) is 4.68 Å². The third-order valence-corrected chi connectivity index (χ3v) is 6.40. The van der Waals surface area contributed by atoms with Crippen LogP contribution < -0.4 is 5.32 Å². The number of likely N-dealkylation sites (tertiary alicyclic amines) is 1. The maximum absolute atomic E-state index is 12.8. The van der Waals surface area contributed by atoms with Crippen LogP contribution in [0.25, 0.3) is 5.69 Å². The zero-order valence-electron chi connectivity index (χ0n) is 16.3. The molecule has 7 nitrogen and oxygen atoms in total. The van der Waals surface area contributed by atoms with Gasteiger partial charge in [-0.3, -0.25) is 19.3 Å². The van der Waals surface area contributed by atoms with Gasteiger partial charge in [-0.2, -0.15) is 5.10 Å². The van der Waals surface area contributed by atoms with Gasteiger partial charge < -0.3 is 5.32 Å². The van der Waals surface area contributed by atoms with Crippen LogP contribution in [0.4, 0.5) is 5.82 Å². The molecular weight excluding hydrogens is 368 g/mol. The normalized spacial score (nSPS) is 23.2. The number of hydrogen-bond acceptors (Lipinski definition) is 4. The smallest absolute Gasteiger partial charge is 0.245 e. The number of nitrogens with one attached hydrogen (secondary N) is 1. The van der Waals surface area contributed by atoms with Crippen LogP contribution in [0.2, 0.25) is 0 Å². The molecule has 0 radical (unpaired) electrons. The van der Waals surface area contributed by atoms with Crippen LogP contribution in [-0.2, 0) is 27.2 Å². The average Bonchev–Trinajstić information content (AvgIpc) is 3.40. The highest BCUT2D eigenvalue weighted by Crippen LogP contribution is 2.38. The molecule has 3 aliphatic rings. The Labute approximate surface area is 169 Å². The molecule has 7 heteroatoms. The van der Waals surface area contributed by atoms with Crippen molar-refractivity contribution in [2.75, 3.05) is 11.9 Å². The summed E-state index contributed by atoms with van der Waals surface area (Å²) in [4.78, 5) is 39.4. The third kappa shape index (κ3) is 3.05. The van der Waals surface area contributed by atoms with Gasteiger partial charge in [0.2, 0.25) is 17.7 Å². The molecule has 2 atom stereocenters. The van der Waals surface area contributed by atoms with Crippen LogP contribution in [0.3, 0.4) is 0 Å². The molecule has 2 unspecified atom stereocenters. The number of anilines is 1. The lowest BCUT2D eigenvalue weighted by Crippen LogP contribution is -2.38. The molecule has 29 heavy (non-hydrogen) atoms. The van der Waals surface area contributed by atoms with E-state index >= 15 is 0 Å². The molecule has 2 heterocycles. The van der Waals surface area contributed by atoms with Crippen LogP contribution in [-0.4, -0.2) is 38.9 Å². The zero-order valence-corrected chi connectivity index (χ0v) is 16.3. The predicted octanol–water partition coefficient (Wildman–Crippen LogP) is 2.47. The summed E-state index contributed by atoms with van der Waals surface area (Å²) in [7, 11) is 0. The number of para-hydroxylation sites is 1. The summed E-state index contributed by atoms with van der Waals surface area (Å²) in [6.45, 7) is -0.223. The number of fused-ring (bicyclic) bond motifs is 2. The third-order valence-electron chi connectivity index (χ3n) is 6.40. The fourth-order valence-corrected chi connectivity index (χ4v) is 4.98. The minimum absolute atomic E-state index is 0.184. The van der Waals surface area contributed by atoms with Gasteiger partial charge >= 0.3 is 0 Å². The maximum atomic E-state index is 12.8. The van der Waals surface area contributed by atoms with Gasteiger partial charge in [0.25, 0.3) is 0 Å². The molecule has 0 spiro atoms. The van der Waals surface area contributed by atoms with E-state index in [-0.39, 0.29) is 36.1 Å². The Morgan fingerprint density at radius 2 is 1.69 bits per heavy atom. The second-order valence-corrected chi connectivity index (χ2v) is 8.18. The Morgan fingerprint density at radius 3 is 2.38 bits per heavy atom. The number of nitrogens with zero attached hydrogens (tertiary/aromatic N) is 3. The molecular formula is C22H24N4O3. The van der Waals surface area contributed by atoms with Gasteiger partial charge in [0.05, 0.1) is 23.2 Å². The number of imide groups is 1. The van der Waals surface area contributed by atoms with E-state index in [0.29, 0.717) is 5.82 Å². The molecule has 2 aromatic rings. The van der Waals surface area contributed by atoms with E-state index in [1.165, 1.54) is 4.90 Å². The second-order valence-electron chi connectivity index (χ2n) is 8.18. The largest absolute Gasteiger partial charge is 0.309 e. The number of benzene rings is 1. The molecule has 5 rings (SSSR count). The van der Waals surface area contributed by atoms with E-state index in [1.807, 2.05) is 30.3 Å². The summed E-state index contributed by atoms with van der Waals surface area (Å²) in [6, 6.07) is 9.67. The number of rotatable bonds is 4. The quantitative estimate of drug-likeness (QED) is 0.810. The average molecular weight is 392 g/mol. The van der Waals surface area contributed by atoms with E-state index in [9.17, 15) is 14.4 Å². The van der Waals surface area contributed by atoms with Gasteiger partial charge in [-0.15, -0.1) is 0 Å². The first-order valence-corrected chi connectivity index (χ1v) is 10.4. The fourth-order valence-electron chi connectivity index (χ4n) is 4.98. The first kappa shape index (κ1) is 18.1. The lowest BCUT2D eigenvalue weighted by atomic mass is 9.81. The van der Waals surface area contributed by atoms with Gasteiger partial charge in [-0.05, 0) is 44.2 Å². The zero-order chi connectivity index (χ0) is 20.0. The standard InChI is InChI=1S/C22H24N4O3/c27-19(13-25-21(28)15-9-4-5-10-16(15)22(25)29)23-20-17-11-6-12-18(17)24-26(20)14-7-2-1-3-8-14/h1-3,7-8,15-16H,4-6,9-13H2,(H,23,27). The van der Waals surface area contributed by atoms with Gasteiger partial charge in [-0.25, -0.2) is 4.68 Å². The van der Waals surface area contributed by atoms with E-state index in [4.69, 9.17) is 0 Å². The van der Waals surface area contributed by atoms with Crippen LogP contribution >= 0.6 is 0 Å². The predicted molar refractivity (Wildman–Crippen MR) is 106 cm³/mol. The van der Waals surface area contributed by atoms with Crippen molar-refractivity contribution in [3.05, 3.63) is 41.6 Å². The molecule has 0 bridgehead atoms. The van der Waals surface area contributed by atoms with Crippen molar-refractivity contribution in [2.24, 2.45) is 11.8 Å². The lowest BCUT2D eigenvalue weighted by molar-refractivity contribution is -0.142. The Bertz CT molecular complexity index is 957. The number of aromatic nitrogens is 2. The molecule has 150 valence electrons. The molecule has 1 saturated heterocycles. The Balaban J connectivity index is 1.38. The highest BCUT2D eigenvalue weighted by Gasteiger charge is 2.48. The van der Waals surface area contributed by atoms with Crippen molar-refractivity contribution in [1.82, 2.24) is 14.7 Å². The van der Waals surface area contributed by atoms with Crippen LogP contribution in [0.1, 0.15) is 43.4 Å². The summed E-state index contributed by atoms with van der Waals surface area (Å²) in [6.07, 6.45) is 6.23. The van der Waals surface area contributed by atoms with Crippen molar-refractivity contribution in [1.29, 1.82) is 0 Å². The number of aryl methyl sites for hydroxylation is 1. The van der Waals surface area contributed by atoms with Crippen molar-refractivity contribution in [3.63, 3.8) is 0 Å². The summed E-state index contributed by atoms with van der Waals surface area (Å²) in [5.41, 5.74) is 2.93. The molecule has 1 aromatic heterocycles. The minimum atomic E-state index is -0.350. The van der Waals surface area contributed by atoms with E-state index < -0.39 is 0 Å². The lowest BCUT2D eigenvalue weighted by Gasteiger charge is -2.19. The number of amides is 3. The molecule has 2 aliphatic carbocycles. The van der Waals surface area contributed by atoms with Crippen molar-refractivity contribution in [3.8, 4) is 5.69 Å². The molecule has 1 aromatic carbocycles. The summed E-state index contributed by atoms with van der Waals surface area (Å²) >= 11 is 0. The van der Waals surface area contributed by atoms with Crippen LogP contribution in [0, 0.1) is 11.8 Å². The fraction of sp³-hybridized carbons (Fsp3) is 0.455. The van der Waals surface area contributed by atoms with Gasteiger partial charge in [0, 0.05) is 5.56 Å². The molecule has 3 amide bonds. The summed E-state index contributed by atoms with van der Waals surface area (Å²) in [5, 5.41) is 7.64. The Morgan fingerprint density at radius 1 is 1.00 bits per heavy atom. The minimum Gasteiger partial charge on any atom is -0.309 e. The van der Waals surface area contributed by atoms with Crippen LogP contribution in [0.15, 0.2) is 30.3 Å². The van der Waals surface area contributed by atoms with Gasteiger partial charge in [0.15, 0.2) is 0 Å². The van der Waals surface area contributed by atoms with Crippen molar-refractivity contribution >= 4 is 23.5 Å². The maximum Gasteiger partial charge on any atom is 0.245 e. The SMILES string of the molecule is O=C(CN1C(=O)C2CCCCC2C1=O)Nc1c2c(nn1-c1ccccc1)CCC2. The number of hydrogen-bond donors (Lipinski definition) is 1. The molecule has 1 aliphatic heterocycles. The monoisotopic (exact) mass is 392 g/mol. The Kier molecular flexibility index (Phi) is 4.45. The van der Waals surface area contributed by atoms with Gasteiger partial charge in [-0.1, -0.05) is 31.0 Å². The molecule has 1 saturated carbocycles. The first-order valence-electron chi connectivity index (χ1n) is 10.4. The highest BCUT2D eigenvalue weighted by molar-refractivity contribution is 6.08. The number of carbonyl (C=O) groups excluding carboxylic acids is 3. The van der Waals surface area contributed by atoms with Crippen LogP contribution in [0.5, 0.6) is 0 Å². The van der Waals surface area contributed by atoms with Crippen molar-refractivity contribution in [2.45, 2.75) is 44.9 Å². The first-order chi connectivity index (χ1) is 14.1. The topological polar surface area (TPSA) is 84.3 Å². The Hall–Kier alpha value is -2.96. The number of carbonyl (C=O) groups is 3. The highest BCUT2D eigenvalue weighted by atomic mass is 16.2.